The predicted octanol–water partition coefficient (Wildman–Crippen LogP) is -10.7. The predicted molar refractivity (Wildman–Crippen MR) is 361 cm³/mol. The van der Waals surface area contributed by atoms with Gasteiger partial charge in [-0.1, -0.05) is 18.2 Å². The van der Waals surface area contributed by atoms with Crippen molar-refractivity contribution in [2.45, 2.75) is 224 Å². The smallest absolute Gasteiger partial charge is 0.255 e. The maximum atomic E-state index is 15.0. The fourth-order valence-corrected chi connectivity index (χ4v) is 12.9. The number of aliphatic hydroxyl groups is 24. The second-order valence-corrected chi connectivity index (χ2v) is 27.3. The van der Waals surface area contributed by atoms with Gasteiger partial charge in [0.2, 0.25) is 0 Å². The quantitative estimate of drug-likeness (QED) is 0.0230. The highest BCUT2D eigenvalue weighted by molar-refractivity contribution is 6.13. The van der Waals surface area contributed by atoms with E-state index in [2.05, 4.69) is 16.0 Å². The van der Waals surface area contributed by atoms with Gasteiger partial charge in [0.15, 0.2) is 37.7 Å². The van der Waals surface area contributed by atoms with Crippen molar-refractivity contribution < 1.29 is 194 Å². The molecule has 6 aliphatic rings. The van der Waals surface area contributed by atoms with E-state index in [1.165, 1.54) is 54.6 Å². The number of benzene rings is 4. The summed E-state index contributed by atoms with van der Waals surface area (Å²) >= 11 is 0. The first-order chi connectivity index (χ1) is 52.9. The van der Waals surface area contributed by atoms with Crippen LogP contribution in [-0.2, 0) is 96.5 Å². The molecule has 0 spiro atoms. The number of ether oxygens (including phenoxy) is 12. The number of hydrogen-bond acceptors (Lipinski definition) is 39. The largest absolute Gasteiger partial charge is 0.394 e. The van der Waals surface area contributed by atoms with E-state index >= 15 is 14.4 Å². The topological polar surface area (TPSA) is 684 Å². The maximum Gasteiger partial charge on any atom is 0.255 e. The van der Waals surface area contributed by atoms with Gasteiger partial charge < -0.3 is 195 Å². The third-order valence-electron chi connectivity index (χ3n) is 19.2. The zero-order chi connectivity index (χ0) is 80.6. The molecule has 0 bridgehead atoms. The number of aliphatic hydroxyl groups excluding tert-OH is 24. The Bertz CT molecular complexity index is 3150. The van der Waals surface area contributed by atoms with Gasteiger partial charge in [-0.05, 0) is 88.0 Å². The highest BCUT2D eigenvalue weighted by Crippen LogP contribution is 2.33. The lowest BCUT2D eigenvalue weighted by molar-refractivity contribution is -0.304. The van der Waals surface area contributed by atoms with Crippen molar-refractivity contribution in [3.63, 3.8) is 0 Å². The summed E-state index contributed by atoms with van der Waals surface area (Å²) in [5.74, 6) is -3.27. The average Bonchev–Trinajstić information content (AvgIpc) is 0.833. The molecule has 10 rings (SSSR count). The summed E-state index contributed by atoms with van der Waals surface area (Å²) in [5.41, 5.74) is -1.13. The van der Waals surface area contributed by atoms with Crippen LogP contribution in [0, 0.1) is 0 Å². The van der Waals surface area contributed by atoms with Crippen molar-refractivity contribution >= 4 is 34.8 Å². The van der Waals surface area contributed by atoms with E-state index < -0.39 is 298 Å². The molecule has 618 valence electrons. The molecule has 42 heteroatoms. The number of hydrogen-bond donors (Lipinski definition) is 27. The number of rotatable bonds is 30. The van der Waals surface area contributed by atoms with E-state index in [4.69, 9.17) is 56.8 Å². The molecule has 0 aromatic heterocycles. The minimum atomic E-state index is -1.89. The molecule has 6 fully saturated rings. The lowest BCUT2D eigenvalue weighted by atomic mass is 9.99. The molecule has 6 heterocycles. The second kappa shape index (κ2) is 39.0. The van der Waals surface area contributed by atoms with Crippen molar-refractivity contribution in [2.75, 3.05) is 55.6 Å². The summed E-state index contributed by atoms with van der Waals surface area (Å²) in [5, 5.41) is 258. The van der Waals surface area contributed by atoms with Crippen LogP contribution in [0.3, 0.4) is 0 Å². The second-order valence-electron chi connectivity index (χ2n) is 27.3. The van der Waals surface area contributed by atoms with Crippen LogP contribution >= 0.6 is 0 Å². The minimum absolute atomic E-state index is 0.114. The van der Waals surface area contributed by atoms with Gasteiger partial charge in [0.05, 0.1) is 79.3 Å². The van der Waals surface area contributed by atoms with Crippen LogP contribution in [0.1, 0.15) is 64.5 Å². The van der Waals surface area contributed by atoms with E-state index in [0.29, 0.717) is 0 Å². The third kappa shape index (κ3) is 20.8. The Morgan fingerprint density at radius 1 is 0.234 bits per heavy atom. The van der Waals surface area contributed by atoms with Crippen molar-refractivity contribution in [1.82, 2.24) is 0 Å². The Hall–Kier alpha value is -6.15. The monoisotopic (exact) mass is 1590 g/mol. The van der Waals surface area contributed by atoms with Crippen LogP contribution in [0.5, 0.6) is 0 Å². The Morgan fingerprint density at radius 3 is 0.532 bits per heavy atom. The van der Waals surface area contributed by atoms with Crippen molar-refractivity contribution in [3.8, 4) is 0 Å². The zero-order valence-electron chi connectivity index (χ0n) is 58.6. The molecule has 27 N–H and O–H groups in total. The van der Waals surface area contributed by atoms with Crippen molar-refractivity contribution in [3.05, 3.63) is 123 Å². The van der Waals surface area contributed by atoms with Gasteiger partial charge >= 0.3 is 0 Å². The van der Waals surface area contributed by atoms with E-state index in [9.17, 15) is 123 Å². The normalized spacial score (nSPS) is 36.6. The molecule has 0 radical (unpaired) electrons. The number of anilines is 3. The summed E-state index contributed by atoms with van der Waals surface area (Å²) in [6.45, 7) is -8.23. The van der Waals surface area contributed by atoms with Gasteiger partial charge in [-0.25, -0.2) is 0 Å². The molecular weight excluding hydrogens is 1490 g/mol. The van der Waals surface area contributed by atoms with Gasteiger partial charge in [-0.15, -0.1) is 0 Å². The van der Waals surface area contributed by atoms with Crippen molar-refractivity contribution in [2.24, 2.45) is 0 Å². The minimum Gasteiger partial charge on any atom is -0.394 e. The SMILES string of the molecule is O=C(Nc1cc(CO[C@@H]2O[C@H](CO)[C@@H](O)[C@H](O)[C@H]2O)cc(CO[C@@H]2O[C@H](CO)[C@@H](O)[C@H](O)[C@H]2O)c1)c1cc(C(=O)Nc2cc(CO[C@@H]3O[C@H](CO)[C@@H](O)[C@H](O)[C@H]3O)cc(CO[C@@H]3O[C@H](CO)[C@@H](O)[C@H](O)[C@H]3O)c2)cc(C(=O)Nc2cc(CO[C@@H]3O[C@H](CO)[C@@H](O)[C@H](O)[C@H]3O)cc(CO[C@@H]3O[C@H](CO)[C@@H](O)[C@H](O)[C@H]3O)c2)c1. The standard InChI is InChI=1S/C69H93N3O39/c73-13-37-43(79)49(85)55(91)64(106-37)100-19-25-1-26(20-101-65-56(92)50(86)44(80)38(14-74)107-65)5-34(4-25)70-61(97)31-10-32(62(98)71-35-6-27(21-102-66-57(93)51(87)45(81)39(15-75)108-66)2-28(7-35)22-103-67-58(94)52(88)46(82)40(16-76)109-67)12-33(11-31)63(99)72-36-8-29(23-104-68-59(95)53(89)47(83)41(17-77)110-68)3-30(9-36)24-105-69-60(96)54(90)48(84)42(18-78)111-69/h1-12,37-60,64-69,73-96H,13-24H2,(H,70,97)(H,71,98)(H,72,99)/t37-,38-,39-,40-,41-,42-,43-,44-,45-,46-,47-,48-,49+,50+,51+,52+,53+,54+,55-,56-,57-,58-,59-,60-,64-,65-,66-,67-,68-,69-/m1/s1. The molecular formula is C69H93N3O39. The average molecular weight is 1590 g/mol. The number of carbonyl (C=O) groups excluding carboxylic acids is 3. The van der Waals surface area contributed by atoms with E-state index in [1.807, 2.05) is 0 Å². The van der Waals surface area contributed by atoms with Crippen LogP contribution in [0.4, 0.5) is 17.1 Å². The molecule has 42 nitrogen and oxygen atoms in total. The lowest BCUT2D eigenvalue weighted by Gasteiger charge is -2.39. The summed E-state index contributed by atoms with van der Waals surface area (Å²) < 4.78 is 67.9. The van der Waals surface area contributed by atoms with Crippen molar-refractivity contribution in [1.29, 1.82) is 0 Å². The highest BCUT2D eigenvalue weighted by Gasteiger charge is 2.50. The summed E-state index contributed by atoms with van der Waals surface area (Å²) in [7, 11) is 0. The van der Waals surface area contributed by atoms with Crippen LogP contribution < -0.4 is 16.0 Å². The fraction of sp³-hybridized carbons (Fsp3) is 0.609. The first-order valence-corrected chi connectivity index (χ1v) is 34.9. The first-order valence-electron chi connectivity index (χ1n) is 34.9. The molecule has 0 saturated carbocycles. The van der Waals surface area contributed by atoms with E-state index in [1.54, 1.807) is 0 Å². The van der Waals surface area contributed by atoms with E-state index in [-0.39, 0.29) is 50.4 Å². The highest BCUT2D eigenvalue weighted by atomic mass is 16.7. The zero-order valence-corrected chi connectivity index (χ0v) is 58.6. The molecule has 0 unspecified atom stereocenters. The first kappa shape index (κ1) is 87.2. The van der Waals surface area contributed by atoms with Crippen LogP contribution in [-0.4, -0.2) is 364 Å². The van der Waals surface area contributed by atoms with Gasteiger partial charge in [-0.3, -0.25) is 14.4 Å². The van der Waals surface area contributed by atoms with Crippen LogP contribution in [0.15, 0.2) is 72.8 Å². The molecule has 111 heavy (non-hydrogen) atoms. The van der Waals surface area contributed by atoms with Crippen LogP contribution in [0.25, 0.3) is 0 Å². The molecule has 6 saturated heterocycles. The van der Waals surface area contributed by atoms with Gasteiger partial charge in [0.1, 0.15) is 146 Å². The summed E-state index contributed by atoms with van der Waals surface area (Å²) in [4.78, 5) is 45.1. The third-order valence-corrected chi connectivity index (χ3v) is 19.2. The Kier molecular flexibility index (Phi) is 30.6. The molecule has 4 aromatic rings. The molecule has 6 aliphatic heterocycles. The van der Waals surface area contributed by atoms with Gasteiger partial charge in [0.25, 0.3) is 17.7 Å². The molecule has 4 aromatic carbocycles. The van der Waals surface area contributed by atoms with Crippen LogP contribution in [0.2, 0.25) is 0 Å². The summed E-state index contributed by atoms with van der Waals surface area (Å²) in [6.07, 6.45) is -51.8. The molecule has 0 aliphatic carbocycles. The Morgan fingerprint density at radius 2 is 0.387 bits per heavy atom. The Labute approximate surface area is 629 Å². The maximum absolute atomic E-state index is 15.0. The number of amides is 3. The number of carbonyl (C=O) groups is 3. The Balaban J connectivity index is 1.01. The molecule has 3 amide bonds. The van der Waals surface area contributed by atoms with E-state index in [0.717, 1.165) is 18.2 Å². The lowest BCUT2D eigenvalue weighted by Crippen LogP contribution is -2.59. The summed E-state index contributed by atoms with van der Waals surface area (Å²) in [6, 6.07) is 15.2. The van der Waals surface area contributed by atoms with Gasteiger partial charge in [-0.2, -0.15) is 0 Å². The molecule has 30 atom stereocenters. The fourth-order valence-electron chi connectivity index (χ4n) is 12.9. The van der Waals surface area contributed by atoms with Gasteiger partial charge in [0, 0.05) is 33.8 Å². The number of nitrogens with one attached hydrogen (secondary N) is 3.